The fourth-order valence-electron chi connectivity index (χ4n) is 1.31. The minimum atomic E-state index is -0.0777. The Morgan fingerprint density at radius 1 is 1.44 bits per heavy atom. The number of nitrogens with zero attached hydrogens (tertiary/aromatic N) is 2. The molecule has 2 nitrogen and oxygen atoms in total. The number of rotatable bonds is 4. The minimum absolute atomic E-state index is 0.0777. The van der Waals surface area contributed by atoms with Crippen LogP contribution in [-0.4, -0.2) is 24.5 Å². The molecule has 0 radical (unpaired) electrons. The van der Waals surface area contributed by atoms with E-state index in [0.717, 1.165) is 18.5 Å². The van der Waals surface area contributed by atoms with Gasteiger partial charge in [0.2, 0.25) is 0 Å². The van der Waals surface area contributed by atoms with Crippen LogP contribution in [0, 0.1) is 11.3 Å². The number of benzene rings is 1. The maximum absolute atomic E-state index is 8.76. The van der Waals surface area contributed by atoms with Crippen molar-refractivity contribution in [3.05, 3.63) is 33.8 Å². The second-order valence-corrected chi connectivity index (χ2v) is 4.62. The summed E-state index contributed by atoms with van der Waals surface area (Å²) in [6.45, 7) is 2.68. The van der Waals surface area contributed by atoms with Crippen LogP contribution in [0.2, 0.25) is 10.0 Å². The third-order valence-corrected chi connectivity index (χ3v) is 3.18. The Bertz CT molecular complexity index is 398. The van der Waals surface area contributed by atoms with Gasteiger partial charge in [0.05, 0.1) is 12.1 Å². The average Bonchev–Trinajstić information content (AvgIpc) is 2.26. The molecule has 4 heteroatoms. The van der Waals surface area contributed by atoms with Crippen molar-refractivity contribution < 1.29 is 0 Å². The molecule has 0 saturated heterocycles. The van der Waals surface area contributed by atoms with Crippen LogP contribution in [0.5, 0.6) is 0 Å². The number of hydrogen-bond donors (Lipinski definition) is 0. The highest BCUT2D eigenvalue weighted by Gasteiger charge is 2.08. The maximum Gasteiger partial charge on any atom is 0.0946 e. The van der Waals surface area contributed by atoms with Gasteiger partial charge in [0.15, 0.2) is 0 Å². The van der Waals surface area contributed by atoms with Crippen LogP contribution in [0.15, 0.2) is 18.2 Å². The molecule has 1 aromatic rings. The first-order valence-corrected chi connectivity index (χ1v) is 5.84. The molecule has 1 rings (SSSR count). The molecule has 0 heterocycles. The summed E-state index contributed by atoms with van der Waals surface area (Å²) in [6, 6.07) is 7.62. The summed E-state index contributed by atoms with van der Waals surface area (Å²) in [5.74, 6) is 0. The molecular formula is C12H14Cl2N2. The molecule has 0 saturated carbocycles. The number of halogens is 2. The van der Waals surface area contributed by atoms with Crippen molar-refractivity contribution in [1.82, 2.24) is 4.90 Å². The molecule has 0 aliphatic carbocycles. The van der Waals surface area contributed by atoms with Crippen molar-refractivity contribution in [2.24, 2.45) is 0 Å². The topological polar surface area (TPSA) is 27.0 Å². The van der Waals surface area contributed by atoms with E-state index in [4.69, 9.17) is 28.5 Å². The molecule has 0 fully saturated rings. The normalized spacial score (nSPS) is 12.5. The summed E-state index contributed by atoms with van der Waals surface area (Å²) in [5.41, 5.74) is 1.06. The van der Waals surface area contributed by atoms with Gasteiger partial charge in [-0.05, 0) is 38.1 Å². The molecule has 0 bridgehead atoms. The van der Waals surface area contributed by atoms with Gasteiger partial charge in [0, 0.05) is 16.6 Å². The summed E-state index contributed by atoms with van der Waals surface area (Å²) in [5, 5.41) is 10.1. The highest BCUT2D eigenvalue weighted by molar-refractivity contribution is 6.35. The lowest BCUT2D eigenvalue weighted by atomic mass is 10.1. The highest BCUT2D eigenvalue weighted by atomic mass is 35.5. The van der Waals surface area contributed by atoms with Gasteiger partial charge in [-0.2, -0.15) is 5.26 Å². The number of hydrogen-bond acceptors (Lipinski definition) is 2. The predicted molar refractivity (Wildman–Crippen MR) is 67.9 cm³/mol. The lowest BCUT2D eigenvalue weighted by Gasteiger charge is -2.18. The Labute approximate surface area is 106 Å². The summed E-state index contributed by atoms with van der Waals surface area (Å²) in [7, 11) is 1.93. The molecular weight excluding hydrogens is 243 g/mol. The Morgan fingerprint density at radius 3 is 2.69 bits per heavy atom. The zero-order valence-electron chi connectivity index (χ0n) is 9.37. The Morgan fingerprint density at radius 2 is 2.12 bits per heavy atom. The monoisotopic (exact) mass is 256 g/mol. The zero-order chi connectivity index (χ0) is 12.1. The number of likely N-dealkylation sites (N-methyl/N-ethyl adjacent to an activating group) is 1. The number of nitriles is 1. The van der Waals surface area contributed by atoms with E-state index in [1.165, 1.54) is 0 Å². The molecule has 1 unspecified atom stereocenters. The van der Waals surface area contributed by atoms with E-state index in [9.17, 15) is 0 Å². The molecule has 1 aromatic carbocycles. The second-order valence-electron chi connectivity index (χ2n) is 3.77. The third kappa shape index (κ3) is 3.68. The summed E-state index contributed by atoms with van der Waals surface area (Å²) in [4.78, 5) is 1.99. The van der Waals surface area contributed by atoms with Gasteiger partial charge in [-0.15, -0.1) is 0 Å². The van der Waals surface area contributed by atoms with E-state index in [1.807, 2.05) is 31.0 Å². The van der Waals surface area contributed by atoms with Crippen molar-refractivity contribution in [3.8, 4) is 6.07 Å². The van der Waals surface area contributed by atoms with Crippen molar-refractivity contribution >= 4 is 23.2 Å². The fraction of sp³-hybridized carbons (Fsp3) is 0.417. The lowest BCUT2D eigenvalue weighted by molar-refractivity contribution is 0.306. The summed E-state index contributed by atoms with van der Waals surface area (Å²) >= 11 is 11.9. The maximum atomic E-state index is 8.76. The average molecular weight is 257 g/mol. The van der Waals surface area contributed by atoms with Crippen LogP contribution in [0.4, 0.5) is 0 Å². The quantitative estimate of drug-likeness (QED) is 0.826. The first-order valence-electron chi connectivity index (χ1n) is 5.08. The van der Waals surface area contributed by atoms with E-state index < -0.39 is 0 Å². The molecule has 86 valence electrons. The molecule has 1 atom stereocenters. The van der Waals surface area contributed by atoms with E-state index in [-0.39, 0.29) is 6.04 Å². The fourth-order valence-corrected chi connectivity index (χ4v) is 1.82. The van der Waals surface area contributed by atoms with Crippen LogP contribution >= 0.6 is 23.2 Å². The second kappa shape index (κ2) is 6.10. The predicted octanol–water partition coefficient (Wildman–Crippen LogP) is 3.38. The Kier molecular flexibility index (Phi) is 5.08. The first-order chi connectivity index (χ1) is 7.54. The highest BCUT2D eigenvalue weighted by Crippen LogP contribution is 2.21. The SMILES string of the molecule is CC(C#N)N(C)CCc1ccc(Cl)cc1Cl. The van der Waals surface area contributed by atoms with Crippen LogP contribution in [0.3, 0.4) is 0 Å². The van der Waals surface area contributed by atoms with Crippen LogP contribution in [-0.2, 0) is 6.42 Å². The smallest absolute Gasteiger partial charge is 0.0946 e. The summed E-state index contributed by atoms with van der Waals surface area (Å²) in [6.07, 6.45) is 0.818. The minimum Gasteiger partial charge on any atom is -0.291 e. The van der Waals surface area contributed by atoms with Gasteiger partial charge < -0.3 is 0 Å². The first kappa shape index (κ1) is 13.3. The zero-order valence-corrected chi connectivity index (χ0v) is 10.9. The van der Waals surface area contributed by atoms with E-state index >= 15 is 0 Å². The van der Waals surface area contributed by atoms with E-state index in [2.05, 4.69) is 6.07 Å². The lowest BCUT2D eigenvalue weighted by Crippen LogP contribution is -2.29. The van der Waals surface area contributed by atoms with Crippen molar-refractivity contribution in [2.75, 3.05) is 13.6 Å². The standard InChI is InChI=1S/C12H14Cl2N2/c1-9(8-15)16(2)6-5-10-3-4-11(13)7-12(10)14/h3-4,7,9H,5-6H2,1-2H3. The van der Waals surface area contributed by atoms with Gasteiger partial charge in [0.25, 0.3) is 0 Å². The third-order valence-electron chi connectivity index (χ3n) is 2.60. The van der Waals surface area contributed by atoms with Gasteiger partial charge >= 0.3 is 0 Å². The molecule has 0 spiro atoms. The van der Waals surface area contributed by atoms with Gasteiger partial charge in [0.1, 0.15) is 0 Å². The van der Waals surface area contributed by atoms with E-state index in [0.29, 0.717) is 10.0 Å². The molecule has 0 aromatic heterocycles. The van der Waals surface area contributed by atoms with Gasteiger partial charge in [-0.25, -0.2) is 0 Å². The van der Waals surface area contributed by atoms with Gasteiger partial charge in [-0.3, -0.25) is 4.90 Å². The Balaban J connectivity index is 2.59. The molecule has 0 aliphatic heterocycles. The largest absolute Gasteiger partial charge is 0.291 e. The van der Waals surface area contributed by atoms with Crippen molar-refractivity contribution in [1.29, 1.82) is 5.26 Å². The van der Waals surface area contributed by atoms with Gasteiger partial charge in [-0.1, -0.05) is 29.3 Å². The molecule has 0 aliphatic rings. The Hall–Kier alpha value is -0.750. The van der Waals surface area contributed by atoms with Crippen molar-refractivity contribution in [2.45, 2.75) is 19.4 Å². The van der Waals surface area contributed by atoms with Crippen LogP contribution in [0.1, 0.15) is 12.5 Å². The van der Waals surface area contributed by atoms with Crippen LogP contribution < -0.4 is 0 Å². The summed E-state index contributed by atoms with van der Waals surface area (Å²) < 4.78 is 0. The van der Waals surface area contributed by atoms with E-state index in [1.54, 1.807) is 6.07 Å². The molecule has 0 amide bonds. The van der Waals surface area contributed by atoms with Crippen molar-refractivity contribution in [3.63, 3.8) is 0 Å². The van der Waals surface area contributed by atoms with Crippen LogP contribution in [0.25, 0.3) is 0 Å². The molecule has 0 N–H and O–H groups in total. The molecule has 16 heavy (non-hydrogen) atoms.